The van der Waals surface area contributed by atoms with Crippen molar-refractivity contribution in [3.8, 4) is 5.75 Å². The highest BCUT2D eigenvalue weighted by molar-refractivity contribution is 9.10. The van der Waals surface area contributed by atoms with Gasteiger partial charge >= 0.3 is 0 Å². The number of amides is 1. The van der Waals surface area contributed by atoms with Gasteiger partial charge in [-0.1, -0.05) is 22.9 Å². The van der Waals surface area contributed by atoms with Gasteiger partial charge < -0.3 is 14.5 Å². The number of sulfonamides is 1. The second-order valence-electron chi connectivity index (χ2n) is 7.65. The molecule has 2 aliphatic rings. The van der Waals surface area contributed by atoms with E-state index in [1.807, 2.05) is 30.3 Å². The molecule has 9 heteroatoms. The molecule has 0 aromatic heterocycles. The molecule has 4 rings (SSSR count). The summed E-state index contributed by atoms with van der Waals surface area (Å²) in [5, 5.41) is 0. The van der Waals surface area contributed by atoms with E-state index in [1.54, 1.807) is 25.0 Å². The van der Waals surface area contributed by atoms with Gasteiger partial charge in [-0.05, 0) is 48.4 Å². The van der Waals surface area contributed by atoms with Crippen LogP contribution in [0.15, 0.2) is 45.8 Å². The molecule has 0 saturated carbocycles. The molecule has 0 unspecified atom stereocenters. The van der Waals surface area contributed by atoms with Crippen LogP contribution in [-0.2, 0) is 21.2 Å². The van der Waals surface area contributed by atoms with E-state index in [1.165, 1.54) is 4.31 Å². The van der Waals surface area contributed by atoms with Gasteiger partial charge in [-0.25, -0.2) is 8.42 Å². The molecule has 1 fully saturated rings. The maximum absolute atomic E-state index is 13.6. The van der Waals surface area contributed by atoms with Crippen molar-refractivity contribution in [1.82, 2.24) is 4.31 Å². The van der Waals surface area contributed by atoms with Gasteiger partial charge in [0.1, 0.15) is 10.6 Å². The minimum Gasteiger partial charge on any atom is -0.497 e. The van der Waals surface area contributed by atoms with Crippen LogP contribution in [0.4, 0.5) is 11.4 Å². The maximum atomic E-state index is 13.6. The lowest BCUT2D eigenvalue weighted by Gasteiger charge is -2.36. The van der Waals surface area contributed by atoms with Gasteiger partial charge in [0, 0.05) is 49.3 Å². The summed E-state index contributed by atoms with van der Waals surface area (Å²) in [6, 6.07) is 11.3. The van der Waals surface area contributed by atoms with Crippen molar-refractivity contribution in [2.24, 2.45) is 0 Å². The first-order chi connectivity index (χ1) is 14.8. The highest BCUT2D eigenvalue weighted by Gasteiger charge is 2.36. The fraction of sp³-hybridized carbons (Fsp3) is 0.409. The summed E-state index contributed by atoms with van der Waals surface area (Å²) in [6.07, 6.45) is 1.00. The van der Waals surface area contributed by atoms with Crippen molar-refractivity contribution < 1.29 is 17.9 Å². The van der Waals surface area contributed by atoms with Crippen molar-refractivity contribution in [2.75, 3.05) is 49.6 Å². The number of anilines is 2. The van der Waals surface area contributed by atoms with Gasteiger partial charge in [0.2, 0.25) is 15.9 Å². The Kier molecular flexibility index (Phi) is 6.27. The van der Waals surface area contributed by atoms with E-state index in [0.29, 0.717) is 55.7 Å². The predicted octanol–water partition coefficient (Wildman–Crippen LogP) is 3.27. The van der Waals surface area contributed by atoms with Crippen molar-refractivity contribution >= 4 is 43.2 Å². The molecule has 0 atom stereocenters. The Morgan fingerprint density at radius 3 is 2.35 bits per heavy atom. The van der Waals surface area contributed by atoms with Crippen LogP contribution in [0.3, 0.4) is 0 Å². The Bertz CT molecular complexity index is 1080. The van der Waals surface area contributed by atoms with Crippen LogP contribution in [0.5, 0.6) is 5.75 Å². The highest BCUT2D eigenvalue weighted by atomic mass is 79.9. The molecular formula is C22H26BrN3O4S. The molecule has 1 amide bonds. The molecule has 166 valence electrons. The van der Waals surface area contributed by atoms with Crippen LogP contribution < -0.4 is 14.5 Å². The third-order valence-corrected chi connectivity index (χ3v) is 8.26. The topological polar surface area (TPSA) is 70.2 Å². The summed E-state index contributed by atoms with van der Waals surface area (Å²) in [7, 11) is -2.11. The van der Waals surface area contributed by atoms with E-state index in [4.69, 9.17) is 4.74 Å². The zero-order chi connectivity index (χ0) is 22.2. The number of rotatable bonds is 5. The molecule has 2 aliphatic heterocycles. The highest BCUT2D eigenvalue weighted by Crippen LogP contribution is 2.39. The van der Waals surface area contributed by atoms with Crippen molar-refractivity contribution in [3.05, 3.63) is 46.4 Å². The first-order valence-corrected chi connectivity index (χ1v) is 12.6. The minimum absolute atomic E-state index is 0.0538. The Labute approximate surface area is 191 Å². The lowest BCUT2D eigenvalue weighted by atomic mass is 10.2. The normalized spacial score (nSPS) is 17.0. The summed E-state index contributed by atoms with van der Waals surface area (Å²) in [6.45, 7) is 4.28. The number of halogens is 1. The number of carbonyl (C=O) groups excluding carboxylic acids is 1. The molecule has 2 aromatic rings. The molecule has 1 saturated heterocycles. The molecule has 2 heterocycles. The van der Waals surface area contributed by atoms with Crippen molar-refractivity contribution in [2.45, 2.75) is 24.7 Å². The standard InChI is InChI=1S/C22H26BrN3O4S/c1-3-21(27)26-9-8-16-14-17(23)15-20(22(16)26)31(28,29)25-12-10-24(11-13-25)18-4-6-19(30-2)7-5-18/h4-7,14-15H,3,8-13H2,1-2H3. The number of benzene rings is 2. The van der Waals surface area contributed by atoms with Gasteiger partial charge in [-0.3, -0.25) is 4.79 Å². The summed E-state index contributed by atoms with van der Waals surface area (Å²) in [4.78, 5) is 16.5. The molecule has 0 aliphatic carbocycles. The van der Waals surface area contributed by atoms with E-state index in [9.17, 15) is 13.2 Å². The predicted molar refractivity (Wildman–Crippen MR) is 124 cm³/mol. The molecule has 0 spiro atoms. The molecule has 2 aromatic carbocycles. The minimum atomic E-state index is -3.74. The zero-order valence-electron chi connectivity index (χ0n) is 17.7. The van der Waals surface area contributed by atoms with E-state index in [0.717, 1.165) is 17.0 Å². The van der Waals surface area contributed by atoms with Crippen LogP contribution >= 0.6 is 15.9 Å². The van der Waals surface area contributed by atoms with Crippen LogP contribution in [-0.4, -0.2) is 58.5 Å². The molecule has 0 N–H and O–H groups in total. The van der Waals surface area contributed by atoms with E-state index >= 15 is 0 Å². The third-order valence-electron chi connectivity index (χ3n) is 5.89. The first-order valence-electron chi connectivity index (χ1n) is 10.4. The van der Waals surface area contributed by atoms with Crippen LogP contribution in [0, 0.1) is 0 Å². The van der Waals surface area contributed by atoms with Gasteiger partial charge in [0.05, 0.1) is 12.8 Å². The number of fused-ring (bicyclic) bond motifs is 1. The van der Waals surface area contributed by atoms with Crippen molar-refractivity contribution in [1.29, 1.82) is 0 Å². The number of methoxy groups -OCH3 is 1. The second-order valence-corrected chi connectivity index (χ2v) is 10.5. The number of carbonyl (C=O) groups is 1. The molecular weight excluding hydrogens is 482 g/mol. The summed E-state index contributed by atoms with van der Waals surface area (Å²) in [5.41, 5.74) is 2.49. The Morgan fingerprint density at radius 1 is 1.06 bits per heavy atom. The van der Waals surface area contributed by atoms with Gasteiger partial charge in [-0.2, -0.15) is 4.31 Å². The number of nitrogens with zero attached hydrogens (tertiary/aromatic N) is 3. The summed E-state index contributed by atoms with van der Waals surface area (Å²) >= 11 is 3.45. The molecule has 7 nitrogen and oxygen atoms in total. The van der Waals surface area contributed by atoms with Gasteiger partial charge in [0.15, 0.2) is 0 Å². The third kappa shape index (κ3) is 4.18. The molecule has 0 radical (unpaired) electrons. The number of ether oxygens (including phenoxy) is 1. The fourth-order valence-electron chi connectivity index (χ4n) is 4.22. The van der Waals surface area contributed by atoms with E-state index < -0.39 is 10.0 Å². The smallest absolute Gasteiger partial charge is 0.245 e. The number of hydrogen-bond acceptors (Lipinski definition) is 5. The largest absolute Gasteiger partial charge is 0.497 e. The number of piperazine rings is 1. The Balaban J connectivity index is 1.58. The average Bonchev–Trinajstić information content (AvgIpc) is 3.21. The summed E-state index contributed by atoms with van der Waals surface area (Å²) in [5.74, 6) is 0.738. The molecule has 31 heavy (non-hydrogen) atoms. The SMILES string of the molecule is CCC(=O)N1CCc2cc(Br)cc(S(=O)(=O)N3CCN(c4ccc(OC)cc4)CC3)c21. The summed E-state index contributed by atoms with van der Waals surface area (Å²) < 4.78 is 34.7. The van der Waals surface area contributed by atoms with Gasteiger partial charge in [-0.15, -0.1) is 0 Å². The van der Waals surface area contributed by atoms with Crippen LogP contribution in [0.25, 0.3) is 0 Å². The van der Waals surface area contributed by atoms with Gasteiger partial charge in [0.25, 0.3) is 0 Å². The monoisotopic (exact) mass is 507 g/mol. The second kappa shape index (κ2) is 8.80. The van der Waals surface area contributed by atoms with Crippen molar-refractivity contribution in [3.63, 3.8) is 0 Å². The zero-order valence-corrected chi connectivity index (χ0v) is 20.1. The fourth-order valence-corrected chi connectivity index (χ4v) is 6.57. The Morgan fingerprint density at radius 2 is 1.74 bits per heavy atom. The number of hydrogen-bond donors (Lipinski definition) is 0. The van der Waals surface area contributed by atoms with Crippen LogP contribution in [0.1, 0.15) is 18.9 Å². The average molecular weight is 508 g/mol. The molecule has 0 bridgehead atoms. The quantitative estimate of drug-likeness (QED) is 0.620. The van der Waals surface area contributed by atoms with E-state index in [2.05, 4.69) is 20.8 Å². The Hall–Kier alpha value is -2.10. The lowest BCUT2D eigenvalue weighted by molar-refractivity contribution is -0.118. The van der Waals surface area contributed by atoms with Crippen LogP contribution in [0.2, 0.25) is 0 Å². The van der Waals surface area contributed by atoms with E-state index in [-0.39, 0.29) is 10.8 Å². The first kappa shape index (κ1) is 22.1. The lowest BCUT2D eigenvalue weighted by Crippen LogP contribution is -2.49. The maximum Gasteiger partial charge on any atom is 0.245 e.